The SMILES string of the molecule is CC(=O)C1=C(C)OC(C)=C(C#N)C1c1ccc(C(=O)O)cc1.CC1=C(C#N)C(c2ccc(C(=O)O)cc2)C(C(=O)OCc2ccccc2)=C(C)O1.CCOC(=O)C1=C(C)OC(C)=C(C#N)C1c1ccc(C(=O)O)cc1.CCOC(=O)C1=C(C)OC(C)=C(C#N)C1c1cccc(C(=O)O)c1.COC(=O)C1=C(C)OC(C)=C(C#N)C1c1ccc(C(=O)O)cc1. The van der Waals surface area contributed by atoms with Crippen molar-refractivity contribution in [3.8, 4) is 30.3 Å². The minimum absolute atomic E-state index is 0.0785. The molecule has 5 unspecified atom stereocenters. The first-order valence-electron chi connectivity index (χ1n) is 37.3. The number of nitriles is 5. The second kappa shape index (κ2) is 42.3. The number of allylic oxidation sites excluding steroid dienone is 16. The predicted octanol–water partition coefficient (Wildman–Crippen LogP) is 16.5. The Morgan fingerprint density at radius 2 is 0.566 bits per heavy atom. The van der Waals surface area contributed by atoms with Crippen molar-refractivity contribution in [2.45, 2.75) is 126 Å². The number of ketones is 1. The van der Waals surface area contributed by atoms with Gasteiger partial charge in [0.15, 0.2) is 5.78 Å². The van der Waals surface area contributed by atoms with Crippen molar-refractivity contribution < 1.29 is 116 Å². The standard InChI is InChI=1S/C23H19NO5.2C18H17NO5.C17H15NO5.C17H15NO4/c1-14-19(12-24)21(17-8-10-18(11-9-17)22(25)26)20(15(2)29-14)23(27)28-13-16-6-4-3-5-7-16;1-4-23-18(22)15-11(3)24-10(2)14(9-19)16(15)12-5-7-13(8-6-12)17(20)21;1-4-23-18(22)15-11(3)24-10(2)14(9-19)16(15)12-6-5-7-13(8-12)17(20)21;1-9-13(8-18)15(14(10(2)23-9)17(21)22-3)11-4-6-12(7-5-11)16(19)20;1-9(19)15-11(3)22-10(2)14(8-18)16(15)12-4-6-13(7-5-12)17(20)21/h3-11,21H,13H2,1-2H3,(H,25,26);2*5-8,16H,4H2,1-3H3,(H,20,21);4-7,15H,1-3H3,(H,19,20);4-7,16H,1-3H3,(H,20,21). The van der Waals surface area contributed by atoms with E-state index < -0.39 is 83.3 Å². The number of rotatable bonds is 19. The molecule has 29 heteroatoms. The Morgan fingerprint density at radius 3 is 0.820 bits per heavy atom. The number of hydrogen-bond acceptors (Lipinski definition) is 24. The number of carbonyl (C=O) groups is 10. The number of methoxy groups -OCH3 is 1. The van der Waals surface area contributed by atoms with Gasteiger partial charge in [-0.05, 0) is 184 Å². The fourth-order valence-electron chi connectivity index (χ4n) is 13.8. The van der Waals surface area contributed by atoms with E-state index in [1.54, 1.807) is 144 Å². The van der Waals surface area contributed by atoms with Crippen molar-refractivity contribution in [1.82, 2.24) is 0 Å². The van der Waals surface area contributed by atoms with Crippen LogP contribution in [0.3, 0.4) is 0 Å². The van der Waals surface area contributed by atoms with Gasteiger partial charge in [-0.1, -0.05) is 91.0 Å². The summed E-state index contributed by atoms with van der Waals surface area (Å²) in [6.45, 7) is 21.8. The van der Waals surface area contributed by atoms with Crippen LogP contribution in [0.2, 0.25) is 0 Å². The summed E-state index contributed by atoms with van der Waals surface area (Å²) in [6, 6.07) is 50.2. The van der Waals surface area contributed by atoms with Crippen LogP contribution in [0, 0.1) is 56.7 Å². The lowest BCUT2D eigenvalue weighted by atomic mass is 9.80. The first-order chi connectivity index (χ1) is 58.0. The smallest absolute Gasteiger partial charge is 0.338 e. The molecule has 0 aliphatic carbocycles. The molecule has 0 spiro atoms. The zero-order valence-electron chi connectivity index (χ0n) is 68.7. The molecular weight excluding hydrogens is 1570 g/mol. The molecule has 624 valence electrons. The van der Waals surface area contributed by atoms with E-state index >= 15 is 0 Å². The highest BCUT2D eigenvalue weighted by molar-refractivity contribution is 5.98. The summed E-state index contributed by atoms with van der Waals surface area (Å²) in [5, 5.41) is 92.8. The minimum atomic E-state index is -1.08. The van der Waals surface area contributed by atoms with Crippen LogP contribution in [0.25, 0.3) is 0 Å². The van der Waals surface area contributed by atoms with Crippen LogP contribution in [0.1, 0.15) is 205 Å². The molecule has 0 fully saturated rings. The van der Waals surface area contributed by atoms with Crippen LogP contribution in [-0.4, -0.2) is 105 Å². The first kappa shape index (κ1) is 93.2. The number of hydrogen-bond donors (Lipinski definition) is 5. The van der Waals surface area contributed by atoms with Crippen molar-refractivity contribution in [2.75, 3.05) is 20.3 Å². The van der Waals surface area contributed by atoms with Crippen molar-refractivity contribution >= 4 is 59.5 Å². The summed E-state index contributed by atoms with van der Waals surface area (Å²) in [7, 11) is 1.25. The number of Topliss-reactive ketones (excluding diaryl/α,β-unsaturated/α-hetero) is 1. The van der Waals surface area contributed by atoms with Crippen LogP contribution < -0.4 is 0 Å². The average Bonchev–Trinajstić information content (AvgIpc) is 0.790. The molecular formula is C93H83N5O24. The Morgan fingerprint density at radius 1 is 0.311 bits per heavy atom. The maximum atomic E-state index is 12.9. The van der Waals surface area contributed by atoms with Crippen LogP contribution in [0.5, 0.6) is 0 Å². The minimum Gasteiger partial charge on any atom is -0.478 e. The lowest BCUT2D eigenvalue weighted by Gasteiger charge is -2.27. The molecule has 122 heavy (non-hydrogen) atoms. The van der Waals surface area contributed by atoms with Gasteiger partial charge in [0.25, 0.3) is 0 Å². The van der Waals surface area contributed by atoms with Gasteiger partial charge in [-0.3, -0.25) is 4.79 Å². The number of aromatic carboxylic acids is 5. The summed E-state index contributed by atoms with van der Waals surface area (Å²) in [5.41, 5.74) is 7.35. The molecule has 5 aliphatic heterocycles. The van der Waals surface area contributed by atoms with Gasteiger partial charge in [0.05, 0.1) is 158 Å². The number of carboxylic acids is 5. The maximum absolute atomic E-state index is 12.9. The molecule has 0 amide bonds. The third-order valence-electron chi connectivity index (χ3n) is 19.5. The molecule has 5 heterocycles. The van der Waals surface area contributed by atoms with Gasteiger partial charge >= 0.3 is 53.7 Å². The molecule has 0 bridgehead atoms. The molecule has 5 N–H and O–H groups in total. The first-order valence-corrected chi connectivity index (χ1v) is 37.3. The number of esters is 4. The number of carbonyl (C=O) groups excluding carboxylic acids is 5. The average molecular weight is 1650 g/mol. The van der Waals surface area contributed by atoms with Gasteiger partial charge < -0.3 is 68.2 Å². The quantitative estimate of drug-likeness (QED) is 0.0371. The molecule has 0 aromatic heterocycles. The second-order valence-corrected chi connectivity index (χ2v) is 27.1. The monoisotopic (exact) mass is 1650 g/mol. The van der Waals surface area contributed by atoms with Crippen LogP contribution >= 0.6 is 0 Å². The third kappa shape index (κ3) is 21.8. The highest BCUT2D eigenvalue weighted by atomic mass is 16.6. The number of benzene rings is 6. The number of ether oxygens (including phenoxy) is 9. The van der Waals surface area contributed by atoms with Crippen molar-refractivity contribution in [3.05, 3.63) is 326 Å². The van der Waals surface area contributed by atoms with Gasteiger partial charge in [0.2, 0.25) is 0 Å². The lowest BCUT2D eigenvalue weighted by molar-refractivity contribution is -0.141. The van der Waals surface area contributed by atoms with E-state index in [0.29, 0.717) is 108 Å². The predicted molar refractivity (Wildman–Crippen MR) is 433 cm³/mol. The number of nitrogens with zero attached hydrogens (tertiary/aromatic N) is 5. The Bertz CT molecular complexity index is 5770. The summed E-state index contributed by atoms with van der Waals surface area (Å²) in [4.78, 5) is 117. The van der Waals surface area contributed by atoms with E-state index in [9.17, 15) is 79.4 Å². The summed E-state index contributed by atoms with van der Waals surface area (Å²) in [6.07, 6.45) is 0. The van der Waals surface area contributed by atoms with Crippen molar-refractivity contribution in [1.29, 1.82) is 26.3 Å². The Hall–Kier alpha value is -15.9. The second-order valence-electron chi connectivity index (χ2n) is 27.1. The highest BCUT2D eigenvalue weighted by Gasteiger charge is 2.41. The molecule has 0 saturated carbocycles. The van der Waals surface area contributed by atoms with Crippen molar-refractivity contribution in [3.63, 3.8) is 0 Å². The summed E-state index contributed by atoms with van der Waals surface area (Å²) >= 11 is 0. The van der Waals surface area contributed by atoms with Gasteiger partial charge in [-0.15, -0.1) is 0 Å². The molecule has 5 aliphatic rings. The molecule has 29 nitrogen and oxygen atoms in total. The highest BCUT2D eigenvalue weighted by Crippen LogP contribution is 2.46. The van der Waals surface area contributed by atoms with E-state index in [2.05, 4.69) is 30.3 Å². The summed E-state index contributed by atoms with van der Waals surface area (Å²) < 4.78 is 48.1. The molecule has 5 atom stereocenters. The fraction of sp³-hybridized carbons (Fsp3) is 0.237. The van der Waals surface area contributed by atoms with E-state index in [-0.39, 0.29) is 86.9 Å². The molecule has 6 aromatic rings. The van der Waals surface area contributed by atoms with E-state index in [1.165, 1.54) is 74.7 Å². The zero-order valence-corrected chi connectivity index (χ0v) is 68.7. The normalized spacial score (nSPS) is 17.1. The Kier molecular flexibility index (Phi) is 32.3. The molecule has 6 aromatic carbocycles. The topological polar surface area (TPSA) is 474 Å². The van der Waals surface area contributed by atoms with Crippen LogP contribution in [0.15, 0.2) is 265 Å². The number of carboxylic acid groups (broad SMARTS) is 5. The molecule has 11 rings (SSSR count). The van der Waals surface area contributed by atoms with Gasteiger partial charge in [0.1, 0.15) is 64.2 Å². The van der Waals surface area contributed by atoms with Gasteiger partial charge in [-0.25, -0.2) is 43.2 Å². The maximum Gasteiger partial charge on any atom is 0.338 e. The largest absolute Gasteiger partial charge is 0.478 e. The third-order valence-corrected chi connectivity index (χ3v) is 19.5. The zero-order chi connectivity index (χ0) is 90.3. The Labute approximate surface area is 701 Å². The Balaban J connectivity index is 0.000000211. The van der Waals surface area contributed by atoms with Crippen LogP contribution in [-0.2, 0) is 73.2 Å². The molecule has 0 saturated heterocycles. The molecule has 0 radical (unpaired) electrons. The van der Waals surface area contributed by atoms with E-state index in [0.717, 1.165) is 5.56 Å². The van der Waals surface area contributed by atoms with Gasteiger partial charge in [-0.2, -0.15) is 26.3 Å². The van der Waals surface area contributed by atoms with Gasteiger partial charge in [0, 0.05) is 5.57 Å². The van der Waals surface area contributed by atoms with Crippen LogP contribution in [0.4, 0.5) is 0 Å². The van der Waals surface area contributed by atoms with E-state index in [4.69, 9.17) is 63.1 Å². The summed E-state index contributed by atoms with van der Waals surface area (Å²) in [5.74, 6) is -7.01. The fourth-order valence-corrected chi connectivity index (χ4v) is 13.8. The van der Waals surface area contributed by atoms with Crippen molar-refractivity contribution in [2.24, 2.45) is 0 Å². The van der Waals surface area contributed by atoms with E-state index in [1.807, 2.05) is 30.3 Å². The lowest BCUT2D eigenvalue weighted by Crippen LogP contribution is -2.23.